The van der Waals surface area contributed by atoms with Crippen LogP contribution >= 0.6 is 0 Å². The van der Waals surface area contributed by atoms with Crippen molar-refractivity contribution in [2.45, 2.75) is 12.3 Å². The Morgan fingerprint density at radius 1 is 1.44 bits per heavy atom. The van der Waals surface area contributed by atoms with E-state index >= 15 is 0 Å². The predicted octanol–water partition coefficient (Wildman–Crippen LogP) is 2.69. The van der Waals surface area contributed by atoms with Crippen LogP contribution in [0, 0.1) is 0 Å². The van der Waals surface area contributed by atoms with E-state index in [-0.39, 0.29) is 18.5 Å². The number of esters is 1. The third-order valence-corrected chi connectivity index (χ3v) is 2.83. The fraction of sp³-hybridized carbons (Fsp3) is 0.308. The summed E-state index contributed by atoms with van der Waals surface area (Å²) in [5.41, 5.74) is 0.644. The molecule has 1 aliphatic rings. The monoisotopic (exact) mass is 253 g/mol. The van der Waals surface area contributed by atoms with Crippen molar-refractivity contribution in [3.05, 3.63) is 35.9 Å². The van der Waals surface area contributed by atoms with Gasteiger partial charge >= 0.3 is 5.97 Å². The van der Waals surface area contributed by atoms with Gasteiger partial charge in [0.15, 0.2) is 0 Å². The normalized spacial score (nSPS) is 19.6. The fourth-order valence-corrected chi connectivity index (χ4v) is 1.92. The lowest BCUT2D eigenvalue weighted by Gasteiger charge is -2.17. The highest BCUT2D eigenvalue weighted by Crippen LogP contribution is 2.40. The summed E-state index contributed by atoms with van der Waals surface area (Å²) >= 11 is 0. The van der Waals surface area contributed by atoms with Gasteiger partial charge in [-0.2, -0.15) is 0 Å². The molecule has 0 radical (unpaired) electrons. The number of nitrogens with one attached hydrogen (secondary N) is 1. The van der Waals surface area contributed by atoms with Gasteiger partial charge in [0.1, 0.15) is 0 Å². The van der Waals surface area contributed by atoms with Gasteiger partial charge in [-0.25, -0.2) is 13.6 Å². The summed E-state index contributed by atoms with van der Waals surface area (Å²) in [6.07, 6.45) is 0.510. The number of anilines is 1. The van der Waals surface area contributed by atoms with E-state index in [0.29, 0.717) is 11.3 Å². The fourth-order valence-electron chi connectivity index (χ4n) is 1.92. The van der Waals surface area contributed by atoms with Crippen molar-refractivity contribution in [2.75, 3.05) is 19.0 Å². The minimum atomic E-state index is -3.05. The molecular formula is C13H13F2NO2. The summed E-state index contributed by atoms with van der Waals surface area (Å²) in [5.74, 6) is -3.82. The molecule has 0 saturated carbocycles. The van der Waals surface area contributed by atoms with Crippen molar-refractivity contribution >= 4 is 17.2 Å². The van der Waals surface area contributed by atoms with E-state index in [4.69, 9.17) is 0 Å². The van der Waals surface area contributed by atoms with E-state index in [2.05, 4.69) is 10.1 Å². The Labute approximate surface area is 103 Å². The Hall–Kier alpha value is -1.91. The van der Waals surface area contributed by atoms with E-state index in [9.17, 15) is 13.6 Å². The van der Waals surface area contributed by atoms with E-state index in [0.717, 1.165) is 6.08 Å². The molecule has 0 fully saturated rings. The number of ether oxygens (including phenoxy) is 1. The number of benzene rings is 1. The largest absolute Gasteiger partial charge is 0.466 e. The lowest BCUT2D eigenvalue weighted by atomic mass is 9.97. The number of rotatable bonds is 1. The molecule has 0 amide bonds. The summed E-state index contributed by atoms with van der Waals surface area (Å²) in [7, 11) is 1.17. The number of hydrogen-bond acceptors (Lipinski definition) is 3. The van der Waals surface area contributed by atoms with Crippen LogP contribution in [0.5, 0.6) is 0 Å². The molecular weight excluding hydrogens is 240 g/mol. The quantitative estimate of drug-likeness (QED) is 0.617. The molecule has 0 unspecified atom stereocenters. The number of carbonyl (C=O) groups is 1. The van der Waals surface area contributed by atoms with Crippen molar-refractivity contribution in [3.63, 3.8) is 0 Å². The van der Waals surface area contributed by atoms with Gasteiger partial charge in [0.25, 0.3) is 5.92 Å². The van der Waals surface area contributed by atoms with Gasteiger partial charge in [-0.05, 0) is 6.07 Å². The van der Waals surface area contributed by atoms with Crippen molar-refractivity contribution in [1.82, 2.24) is 0 Å². The van der Waals surface area contributed by atoms with E-state index < -0.39 is 11.9 Å². The molecule has 0 saturated heterocycles. The molecule has 3 nitrogen and oxygen atoms in total. The number of alkyl halides is 2. The molecule has 0 aliphatic carbocycles. The molecule has 1 aromatic rings. The first-order valence-corrected chi connectivity index (χ1v) is 5.56. The summed E-state index contributed by atoms with van der Waals surface area (Å²) < 4.78 is 32.4. The zero-order chi connectivity index (χ0) is 13.2. The minimum absolute atomic E-state index is 0.155. The van der Waals surface area contributed by atoms with Crippen LogP contribution in [0.1, 0.15) is 12.0 Å². The second kappa shape index (κ2) is 4.76. The van der Waals surface area contributed by atoms with Crippen LogP contribution in [0.15, 0.2) is 30.3 Å². The molecule has 1 heterocycles. The van der Waals surface area contributed by atoms with Crippen LogP contribution in [-0.2, 0) is 9.53 Å². The van der Waals surface area contributed by atoms with Gasteiger partial charge in [-0.15, -0.1) is 0 Å². The number of halogens is 2. The molecule has 96 valence electrons. The van der Waals surface area contributed by atoms with Gasteiger partial charge in [-0.3, -0.25) is 0 Å². The molecule has 0 aromatic heterocycles. The SMILES string of the molecule is COC(=O)C=C1c2ccccc2NCCC1(F)F. The van der Waals surface area contributed by atoms with Gasteiger partial charge in [0.05, 0.1) is 7.11 Å². The lowest BCUT2D eigenvalue weighted by Crippen LogP contribution is -2.20. The van der Waals surface area contributed by atoms with Crippen molar-refractivity contribution < 1.29 is 18.3 Å². The second-order valence-corrected chi connectivity index (χ2v) is 4.01. The summed E-state index contributed by atoms with van der Waals surface area (Å²) in [6.45, 7) is 0.155. The molecule has 1 N–H and O–H groups in total. The third-order valence-electron chi connectivity index (χ3n) is 2.83. The lowest BCUT2D eigenvalue weighted by molar-refractivity contribution is -0.134. The van der Waals surface area contributed by atoms with Crippen LogP contribution in [0.25, 0.3) is 5.57 Å². The average molecular weight is 253 g/mol. The zero-order valence-corrected chi connectivity index (χ0v) is 9.87. The first-order chi connectivity index (χ1) is 8.54. The number of allylic oxidation sites excluding steroid dienone is 1. The third kappa shape index (κ3) is 2.34. The number of fused-ring (bicyclic) bond motifs is 1. The maximum absolute atomic E-state index is 14.0. The standard InChI is InChI=1S/C13H13F2NO2/c1-18-12(17)8-10-9-4-2-3-5-11(9)16-7-6-13(10,14)15/h2-5,8,16H,6-7H2,1H3. The minimum Gasteiger partial charge on any atom is -0.466 e. The Morgan fingerprint density at radius 3 is 2.89 bits per heavy atom. The highest BCUT2D eigenvalue weighted by Gasteiger charge is 2.38. The molecule has 1 aliphatic heterocycles. The van der Waals surface area contributed by atoms with Crippen molar-refractivity contribution in [1.29, 1.82) is 0 Å². The summed E-state index contributed by atoms with van der Waals surface area (Å²) in [5, 5.41) is 2.93. The first-order valence-electron chi connectivity index (χ1n) is 5.56. The Bertz CT molecular complexity index is 498. The van der Waals surface area contributed by atoms with Crippen LogP contribution in [0.3, 0.4) is 0 Å². The van der Waals surface area contributed by atoms with E-state index in [1.807, 2.05) is 0 Å². The number of para-hydroxylation sites is 1. The Morgan fingerprint density at radius 2 is 2.17 bits per heavy atom. The summed E-state index contributed by atoms with van der Waals surface area (Å²) in [4.78, 5) is 11.2. The predicted molar refractivity (Wildman–Crippen MR) is 64.5 cm³/mol. The number of methoxy groups -OCH3 is 1. The topological polar surface area (TPSA) is 38.3 Å². The van der Waals surface area contributed by atoms with Crippen LogP contribution in [0.4, 0.5) is 14.5 Å². The van der Waals surface area contributed by atoms with Gasteiger partial charge < -0.3 is 10.1 Å². The Kier molecular flexibility index (Phi) is 3.32. The highest BCUT2D eigenvalue weighted by molar-refractivity contribution is 5.95. The maximum atomic E-state index is 14.0. The van der Waals surface area contributed by atoms with E-state index in [1.165, 1.54) is 7.11 Å². The number of hydrogen-bond donors (Lipinski definition) is 1. The van der Waals surface area contributed by atoms with Crippen LogP contribution in [-0.4, -0.2) is 25.5 Å². The molecule has 1 aromatic carbocycles. The van der Waals surface area contributed by atoms with Gasteiger partial charge in [0, 0.05) is 35.9 Å². The molecule has 0 spiro atoms. The molecule has 0 bridgehead atoms. The molecule has 0 atom stereocenters. The highest BCUT2D eigenvalue weighted by atomic mass is 19.3. The summed E-state index contributed by atoms with van der Waals surface area (Å²) in [6, 6.07) is 6.69. The average Bonchev–Trinajstić information content (AvgIpc) is 2.47. The van der Waals surface area contributed by atoms with E-state index in [1.54, 1.807) is 24.3 Å². The second-order valence-electron chi connectivity index (χ2n) is 4.01. The smallest absolute Gasteiger partial charge is 0.330 e. The maximum Gasteiger partial charge on any atom is 0.330 e. The molecule has 5 heteroatoms. The number of carbonyl (C=O) groups excluding carboxylic acids is 1. The Balaban J connectivity index is 2.56. The van der Waals surface area contributed by atoms with Crippen LogP contribution in [0.2, 0.25) is 0 Å². The molecule has 2 rings (SSSR count). The van der Waals surface area contributed by atoms with Gasteiger partial charge in [-0.1, -0.05) is 18.2 Å². The van der Waals surface area contributed by atoms with Crippen molar-refractivity contribution in [3.8, 4) is 0 Å². The van der Waals surface area contributed by atoms with Crippen molar-refractivity contribution in [2.24, 2.45) is 0 Å². The van der Waals surface area contributed by atoms with Gasteiger partial charge in [0.2, 0.25) is 0 Å². The van der Waals surface area contributed by atoms with Crippen LogP contribution < -0.4 is 5.32 Å². The molecule has 18 heavy (non-hydrogen) atoms. The first kappa shape index (κ1) is 12.5. The zero-order valence-electron chi connectivity index (χ0n) is 9.87.